The van der Waals surface area contributed by atoms with Crippen molar-refractivity contribution in [2.75, 3.05) is 5.75 Å². The van der Waals surface area contributed by atoms with Gasteiger partial charge in [-0.15, -0.1) is 0 Å². The Hall–Kier alpha value is 0.440. The summed E-state index contributed by atoms with van der Waals surface area (Å²) in [7, 11) is 3.82. The van der Waals surface area contributed by atoms with Gasteiger partial charge in [0.1, 0.15) is 0 Å². The predicted molar refractivity (Wildman–Crippen MR) is 43.0 cm³/mol. The second kappa shape index (κ2) is 4.33. The van der Waals surface area contributed by atoms with Crippen LogP contribution in [0.2, 0.25) is 0 Å². The van der Waals surface area contributed by atoms with E-state index in [1.807, 2.05) is 21.6 Å². The molecule has 1 aliphatic rings. The van der Waals surface area contributed by atoms with Crippen molar-refractivity contribution in [3.8, 4) is 0 Å². The molecule has 1 heterocycles. The smallest absolute Gasteiger partial charge is 0.00402 e. The van der Waals surface area contributed by atoms with Gasteiger partial charge >= 0.3 is 0 Å². The molecule has 0 aliphatic carbocycles. The SMILES string of the molecule is C1=C\SSCCCC/1. The molecule has 0 amide bonds. The Bertz CT molecular complexity index is 68.6. The Morgan fingerprint density at radius 1 is 1.25 bits per heavy atom. The molecule has 0 aromatic carbocycles. The van der Waals surface area contributed by atoms with Crippen LogP contribution < -0.4 is 0 Å². The van der Waals surface area contributed by atoms with Gasteiger partial charge in [0, 0.05) is 5.75 Å². The van der Waals surface area contributed by atoms with Gasteiger partial charge in [-0.3, -0.25) is 0 Å². The summed E-state index contributed by atoms with van der Waals surface area (Å²) >= 11 is 0. The van der Waals surface area contributed by atoms with Crippen molar-refractivity contribution in [3.05, 3.63) is 11.5 Å². The largest absolute Gasteiger partial charge is 0.0896 e. The van der Waals surface area contributed by atoms with Crippen LogP contribution in [0.3, 0.4) is 0 Å². The molecule has 1 rings (SSSR count). The topological polar surface area (TPSA) is 0 Å². The van der Waals surface area contributed by atoms with Gasteiger partial charge in [0.05, 0.1) is 0 Å². The van der Waals surface area contributed by atoms with Gasteiger partial charge < -0.3 is 0 Å². The summed E-state index contributed by atoms with van der Waals surface area (Å²) in [6, 6.07) is 0. The minimum absolute atomic E-state index is 1.29. The van der Waals surface area contributed by atoms with Gasteiger partial charge in [-0.1, -0.05) is 27.7 Å². The van der Waals surface area contributed by atoms with E-state index in [0.29, 0.717) is 0 Å². The average Bonchev–Trinajstić information content (AvgIpc) is 1.62. The van der Waals surface area contributed by atoms with Gasteiger partial charge in [0.2, 0.25) is 0 Å². The maximum absolute atomic E-state index is 2.26. The normalized spacial score (nSPS) is 26.0. The molecule has 0 atom stereocenters. The highest BCUT2D eigenvalue weighted by molar-refractivity contribution is 8.77. The van der Waals surface area contributed by atoms with Crippen LogP contribution in [0, 0.1) is 0 Å². The molecule has 0 aromatic heterocycles. The molecule has 0 bridgehead atoms. The van der Waals surface area contributed by atoms with Gasteiger partial charge in [-0.25, -0.2) is 0 Å². The number of hydrogen-bond donors (Lipinski definition) is 0. The lowest BCUT2D eigenvalue weighted by Gasteiger charge is -1.99. The lowest BCUT2D eigenvalue weighted by molar-refractivity contribution is 0.824. The minimum Gasteiger partial charge on any atom is -0.0896 e. The van der Waals surface area contributed by atoms with Crippen molar-refractivity contribution in [1.82, 2.24) is 0 Å². The molecule has 0 aromatic rings. The standard InChI is InChI=1S/C6H10S2/c1-2-4-6-8-7-5-3-1/h3,5H,1-2,4,6H2/b5-3-. The third kappa shape index (κ3) is 2.68. The zero-order valence-electron chi connectivity index (χ0n) is 4.80. The molecule has 1 aliphatic heterocycles. The first kappa shape index (κ1) is 6.56. The van der Waals surface area contributed by atoms with Crippen LogP contribution in [0.5, 0.6) is 0 Å². The molecule has 0 fully saturated rings. The maximum atomic E-state index is 2.26. The summed E-state index contributed by atoms with van der Waals surface area (Å²) < 4.78 is 0. The summed E-state index contributed by atoms with van der Waals surface area (Å²) in [6.07, 6.45) is 6.32. The first-order valence-electron chi connectivity index (χ1n) is 2.93. The molecule has 2 heteroatoms. The van der Waals surface area contributed by atoms with E-state index in [9.17, 15) is 0 Å². The molecule has 46 valence electrons. The predicted octanol–water partition coefficient (Wildman–Crippen LogP) is 3.07. The van der Waals surface area contributed by atoms with Crippen molar-refractivity contribution in [3.63, 3.8) is 0 Å². The summed E-state index contributed by atoms with van der Waals surface area (Å²) in [5, 5.41) is 2.20. The Morgan fingerprint density at radius 2 is 2.25 bits per heavy atom. The maximum Gasteiger partial charge on any atom is 0.00402 e. The molecule has 0 unspecified atom stereocenters. The molecular formula is C6H10S2. The summed E-state index contributed by atoms with van der Waals surface area (Å²) in [5.74, 6) is 1.33. The van der Waals surface area contributed by atoms with Gasteiger partial charge in [-0.2, -0.15) is 0 Å². The van der Waals surface area contributed by atoms with Crippen LogP contribution in [-0.2, 0) is 0 Å². The average molecular weight is 146 g/mol. The molecule has 0 saturated heterocycles. The van der Waals surface area contributed by atoms with E-state index in [-0.39, 0.29) is 0 Å². The Morgan fingerprint density at radius 3 is 3.25 bits per heavy atom. The Kier molecular flexibility index (Phi) is 3.55. The van der Waals surface area contributed by atoms with Crippen molar-refractivity contribution >= 4 is 21.6 Å². The van der Waals surface area contributed by atoms with Gasteiger partial charge in [0.25, 0.3) is 0 Å². The van der Waals surface area contributed by atoms with Crippen molar-refractivity contribution in [2.24, 2.45) is 0 Å². The van der Waals surface area contributed by atoms with Gasteiger partial charge in [0.15, 0.2) is 0 Å². The monoisotopic (exact) mass is 146 g/mol. The lowest BCUT2D eigenvalue weighted by Crippen LogP contribution is -1.78. The van der Waals surface area contributed by atoms with E-state index in [0.717, 1.165) is 0 Å². The van der Waals surface area contributed by atoms with Crippen molar-refractivity contribution in [2.45, 2.75) is 19.3 Å². The van der Waals surface area contributed by atoms with Crippen LogP contribution in [0.15, 0.2) is 11.5 Å². The highest BCUT2D eigenvalue weighted by Crippen LogP contribution is 2.26. The van der Waals surface area contributed by atoms with Crippen LogP contribution in [0.1, 0.15) is 19.3 Å². The van der Waals surface area contributed by atoms with Crippen LogP contribution in [-0.4, -0.2) is 5.75 Å². The zero-order valence-corrected chi connectivity index (χ0v) is 6.43. The number of rotatable bonds is 0. The lowest BCUT2D eigenvalue weighted by atomic mass is 10.2. The minimum atomic E-state index is 1.29. The summed E-state index contributed by atoms with van der Waals surface area (Å²) in [5.41, 5.74) is 0. The fourth-order valence-corrected chi connectivity index (χ4v) is 2.44. The number of allylic oxidation sites excluding steroid dienone is 1. The highest BCUT2D eigenvalue weighted by Gasteiger charge is 1.90. The molecule has 0 N–H and O–H groups in total. The van der Waals surface area contributed by atoms with E-state index in [1.165, 1.54) is 25.0 Å². The summed E-state index contributed by atoms with van der Waals surface area (Å²) in [6.45, 7) is 0. The van der Waals surface area contributed by atoms with Crippen molar-refractivity contribution < 1.29 is 0 Å². The quantitative estimate of drug-likeness (QED) is 0.482. The molecule has 8 heavy (non-hydrogen) atoms. The fraction of sp³-hybridized carbons (Fsp3) is 0.667. The second-order valence-electron chi connectivity index (χ2n) is 1.79. The van der Waals surface area contributed by atoms with Crippen LogP contribution >= 0.6 is 21.6 Å². The van der Waals surface area contributed by atoms with Crippen LogP contribution in [0.25, 0.3) is 0 Å². The van der Waals surface area contributed by atoms with E-state index in [4.69, 9.17) is 0 Å². The molecule has 0 spiro atoms. The van der Waals surface area contributed by atoms with Crippen LogP contribution in [0.4, 0.5) is 0 Å². The van der Waals surface area contributed by atoms with E-state index in [2.05, 4.69) is 11.5 Å². The van der Waals surface area contributed by atoms with E-state index in [1.54, 1.807) is 0 Å². The zero-order chi connectivity index (χ0) is 5.66. The molecule has 0 nitrogen and oxygen atoms in total. The Balaban J connectivity index is 2.17. The molecular weight excluding hydrogens is 136 g/mol. The van der Waals surface area contributed by atoms with Gasteiger partial charge in [-0.05, 0) is 24.7 Å². The summed E-state index contributed by atoms with van der Waals surface area (Å²) in [4.78, 5) is 0. The third-order valence-electron chi connectivity index (χ3n) is 1.07. The highest BCUT2D eigenvalue weighted by atomic mass is 33.1. The Labute approximate surface area is 58.5 Å². The number of hydrogen-bond acceptors (Lipinski definition) is 2. The third-order valence-corrected chi connectivity index (χ3v) is 3.20. The first-order chi connectivity index (χ1) is 4.00. The fourth-order valence-electron chi connectivity index (χ4n) is 0.618. The first-order valence-corrected chi connectivity index (χ1v) is 5.31. The molecule has 0 saturated carbocycles. The van der Waals surface area contributed by atoms with E-state index >= 15 is 0 Å². The molecule has 0 radical (unpaired) electrons. The second-order valence-corrected chi connectivity index (χ2v) is 4.18. The van der Waals surface area contributed by atoms with Crippen molar-refractivity contribution in [1.29, 1.82) is 0 Å². The van der Waals surface area contributed by atoms with E-state index < -0.39 is 0 Å².